The molecule has 6 rings (SSSR count). The normalized spacial score (nSPS) is 19.4. The van der Waals surface area contributed by atoms with Crippen LogP contribution in [0, 0.1) is 0 Å². The van der Waals surface area contributed by atoms with Crippen LogP contribution < -0.4 is 14.8 Å². The van der Waals surface area contributed by atoms with E-state index in [9.17, 15) is 4.79 Å². The summed E-state index contributed by atoms with van der Waals surface area (Å²) in [6, 6.07) is 23.7. The van der Waals surface area contributed by atoms with Crippen LogP contribution in [0.4, 0.5) is 5.95 Å². The summed E-state index contributed by atoms with van der Waals surface area (Å²) in [5, 5.41) is 3.52. The van der Waals surface area contributed by atoms with Crippen LogP contribution >= 0.6 is 0 Å². The maximum absolute atomic E-state index is 13.8. The second-order valence-corrected chi connectivity index (χ2v) is 8.76. The smallest absolute Gasteiger partial charge is 0.209 e. The molecule has 0 saturated heterocycles. The average Bonchev–Trinajstić information content (AvgIpc) is 3.25. The fourth-order valence-electron chi connectivity index (χ4n) is 5.32. The van der Waals surface area contributed by atoms with Crippen LogP contribution in [0.15, 0.2) is 84.1 Å². The van der Waals surface area contributed by atoms with Crippen molar-refractivity contribution >= 4 is 22.8 Å². The Hall–Kier alpha value is -4.06. The number of carbonyl (C=O) groups excluding carboxylic acids is 1. The van der Waals surface area contributed by atoms with Gasteiger partial charge < -0.3 is 14.8 Å². The Morgan fingerprint density at radius 3 is 2.47 bits per heavy atom. The van der Waals surface area contributed by atoms with Gasteiger partial charge >= 0.3 is 0 Å². The van der Waals surface area contributed by atoms with E-state index in [1.807, 2.05) is 54.6 Å². The van der Waals surface area contributed by atoms with Gasteiger partial charge in [0.2, 0.25) is 5.95 Å². The largest absolute Gasteiger partial charge is 0.497 e. The average molecular weight is 452 g/mol. The summed E-state index contributed by atoms with van der Waals surface area (Å²) in [5.41, 5.74) is 5.71. The lowest BCUT2D eigenvalue weighted by atomic mass is 9.77. The van der Waals surface area contributed by atoms with Crippen LogP contribution in [0.1, 0.15) is 35.9 Å². The molecule has 2 aliphatic rings. The van der Waals surface area contributed by atoms with E-state index in [1.165, 1.54) is 0 Å². The summed E-state index contributed by atoms with van der Waals surface area (Å²) < 4.78 is 13.2. The molecule has 1 aromatic heterocycles. The molecule has 34 heavy (non-hydrogen) atoms. The van der Waals surface area contributed by atoms with Gasteiger partial charge in [0, 0.05) is 23.3 Å². The number of carbonyl (C=O) groups is 1. The summed E-state index contributed by atoms with van der Waals surface area (Å²) in [6.07, 6.45) is 1.20. The van der Waals surface area contributed by atoms with Crippen molar-refractivity contribution in [2.45, 2.75) is 24.8 Å². The van der Waals surface area contributed by atoms with Crippen LogP contribution in [0.2, 0.25) is 0 Å². The summed E-state index contributed by atoms with van der Waals surface area (Å²) in [5.74, 6) is 2.56. The molecular weight excluding hydrogens is 426 g/mol. The van der Waals surface area contributed by atoms with Gasteiger partial charge in [0.25, 0.3) is 0 Å². The molecule has 1 N–H and O–H groups in total. The Kier molecular flexibility index (Phi) is 4.87. The number of hydrogen-bond donors (Lipinski definition) is 1. The van der Waals surface area contributed by atoms with Gasteiger partial charge in [-0.15, -0.1) is 0 Å². The minimum absolute atomic E-state index is 0.0962. The maximum atomic E-state index is 13.8. The molecule has 6 heteroatoms. The molecule has 0 unspecified atom stereocenters. The second kappa shape index (κ2) is 8.06. The number of benzene rings is 3. The number of imidazole rings is 1. The number of ether oxygens (including phenoxy) is 2. The Morgan fingerprint density at radius 2 is 1.68 bits per heavy atom. The summed E-state index contributed by atoms with van der Waals surface area (Å²) >= 11 is 0. The molecule has 0 fully saturated rings. The maximum Gasteiger partial charge on any atom is 0.209 e. The van der Waals surface area contributed by atoms with Gasteiger partial charge in [0.1, 0.15) is 11.5 Å². The first-order valence-electron chi connectivity index (χ1n) is 11.4. The van der Waals surface area contributed by atoms with E-state index in [4.69, 9.17) is 14.5 Å². The van der Waals surface area contributed by atoms with Crippen LogP contribution in [0.5, 0.6) is 11.5 Å². The van der Waals surface area contributed by atoms with Gasteiger partial charge in [-0.1, -0.05) is 42.5 Å². The molecule has 4 aromatic rings. The van der Waals surface area contributed by atoms with Crippen molar-refractivity contribution in [2.75, 3.05) is 19.5 Å². The minimum atomic E-state index is -0.306. The molecule has 2 heterocycles. The Labute approximate surface area is 197 Å². The lowest BCUT2D eigenvalue weighted by Gasteiger charge is -2.36. The standard InChI is InChI=1S/C28H25N3O3/c1-33-19-13-11-17(12-14-19)18-15-22-26(24(32)16-18)27(20-7-3-6-10-25(20)34-2)31-23-9-5-4-8-21(23)29-28(31)30-22/h3-14,18,27H,15-16H2,1-2H3,(H,29,30)/t18-,27+/m1/s1. The molecule has 1 aliphatic carbocycles. The van der Waals surface area contributed by atoms with E-state index in [2.05, 4.69) is 28.1 Å². The molecule has 0 radical (unpaired) electrons. The van der Waals surface area contributed by atoms with Crippen molar-refractivity contribution in [1.29, 1.82) is 0 Å². The Balaban J connectivity index is 1.51. The number of fused-ring (bicyclic) bond motifs is 3. The number of para-hydroxylation sites is 3. The lowest BCUT2D eigenvalue weighted by molar-refractivity contribution is -0.116. The highest BCUT2D eigenvalue weighted by Crippen LogP contribution is 2.47. The van der Waals surface area contributed by atoms with Crippen LogP contribution in [0.25, 0.3) is 11.0 Å². The van der Waals surface area contributed by atoms with Crippen molar-refractivity contribution in [2.24, 2.45) is 0 Å². The number of nitrogens with zero attached hydrogens (tertiary/aromatic N) is 2. The van der Waals surface area contributed by atoms with E-state index >= 15 is 0 Å². The zero-order valence-corrected chi connectivity index (χ0v) is 19.1. The number of aromatic nitrogens is 2. The quantitative estimate of drug-likeness (QED) is 0.446. The monoisotopic (exact) mass is 451 g/mol. The number of ketones is 1. The molecule has 170 valence electrons. The van der Waals surface area contributed by atoms with Gasteiger partial charge in [0.15, 0.2) is 5.78 Å². The van der Waals surface area contributed by atoms with E-state index in [0.29, 0.717) is 6.42 Å². The fourth-order valence-corrected chi connectivity index (χ4v) is 5.32. The van der Waals surface area contributed by atoms with Crippen LogP contribution in [0.3, 0.4) is 0 Å². The highest BCUT2D eigenvalue weighted by Gasteiger charge is 2.40. The molecule has 3 aromatic carbocycles. The number of rotatable bonds is 4. The first kappa shape index (κ1) is 20.5. The number of Topliss-reactive ketones (excluding diaryl/α,β-unsaturated/α-hetero) is 1. The molecule has 6 nitrogen and oxygen atoms in total. The van der Waals surface area contributed by atoms with Crippen LogP contribution in [-0.2, 0) is 4.79 Å². The zero-order chi connectivity index (χ0) is 23.2. The van der Waals surface area contributed by atoms with E-state index in [-0.39, 0.29) is 17.7 Å². The molecule has 0 spiro atoms. The zero-order valence-electron chi connectivity index (χ0n) is 19.1. The van der Waals surface area contributed by atoms with Crippen molar-refractivity contribution in [3.63, 3.8) is 0 Å². The van der Waals surface area contributed by atoms with Crippen molar-refractivity contribution in [3.8, 4) is 11.5 Å². The van der Waals surface area contributed by atoms with E-state index in [0.717, 1.165) is 57.3 Å². The molecule has 0 amide bonds. The molecular formula is C28H25N3O3. The number of nitrogens with one attached hydrogen (secondary N) is 1. The third-order valence-electron chi connectivity index (χ3n) is 6.92. The number of methoxy groups -OCH3 is 2. The number of hydrogen-bond acceptors (Lipinski definition) is 5. The van der Waals surface area contributed by atoms with Gasteiger partial charge in [-0.3, -0.25) is 9.36 Å². The second-order valence-electron chi connectivity index (χ2n) is 8.76. The Bertz CT molecular complexity index is 1440. The SMILES string of the molecule is COc1ccc([C@H]2CC(=O)C3=C(C2)Nc2nc4ccccc4n2[C@H]3c2ccccc2OC)cc1. The molecule has 0 saturated carbocycles. The van der Waals surface area contributed by atoms with Gasteiger partial charge in [-0.05, 0) is 48.2 Å². The summed E-state index contributed by atoms with van der Waals surface area (Å²) in [4.78, 5) is 18.7. The van der Waals surface area contributed by atoms with Crippen molar-refractivity contribution in [3.05, 3.63) is 95.2 Å². The fraction of sp³-hybridized carbons (Fsp3) is 0.214. The van der Waals surface area contributed by atoms with Crippen molar-refractivity contribution < 1.29 is 14.3 Å². The predicted molar refractivity (Wildman–Crippen MR) is 131 cm³/mol. The number of anilines is 1. The van der Waals surface area contributed by atoms with E-state index < -0.39 is 0 Å². The third kappa shape index (κ3) is 3.17. The minimum Gasteiger partial charge on any atom is -0.497 e. The third-order valence-corrected chi connectivity index (χ3v) is 6.92. The van der Waals surface area contributed by atoms with E-state index in [1.54, 1.807) is 14.2 Å². The molecule has 1 aliphatic heterocycles. The van der Waals surface area contributed by atoms with Crippen molar-refractivity contribution in [1.82, 2.24) is 9.55 Å². The topological polar surface area (TPSA) is 65.4 Å². The lowest BCUT2D eigenvalue weighted by Crippen LogP contribution is -2.33. The highest BCUT2D eigenvalue weighted by molar-refractivity contribution is 6.01. The number of allylic oxidation sites excluding steroid dienone is 2. The molecule has 2 atom stereocenters. The highest BCUT2D eigenvalue weighted by atomic mass is 16.5. The Morgan fingerprint density at radius 1 is 0.912 bits per heavy atom. The van der Waals surface area contributed by atoms with Gasteiger partial charge in [0.05, 0.1) is 31.3 Å². The first-order valence-corrected chi connectivity index (χ1v) is 11.4. The summed E-state index contributed by atoms with van der Waals surface area (Å²) in [6.45, 7) is 0. The molecule has 0 bridgehead atoms. The summed E-state index contributed by atoms with van der Waals surface area (Å²) in [7, 11) is 3.33. The van der Waals surface area contributed by atoms with Crippen LogP contribution in [-0.4, -0.2) is 29.6 Å². The predicted octanol–water partition coefficient (Wildman–Crippen LogP) is 5.47. The van der Waals surface area contributed by atoms with Gasteiger partial charge in [-0.2, -0.15) is 0 Å². The van der Waals surface area contributed by atoms with Gasteiger partial charge in [-0.25, -0.2) is 4.98 Å². The first-order chi connectivity index (χ1) is 16.7.